The second-order valence-corrected chi connectivity index (χ2v) is 6.63. The lowest BCUT2D eigenvalue weighted by Crippen LogP contribution is -2.13. The van der Waals surface area contributed by atoms with Gasteiger partial charge in [0, 0.05) is 10.2 Å². The third-order valence-corrected chi connectivity index (χ3v) is 4.74. The van der Waals surface area contributed by atoms with Crippen LogP contribution < -0.4 is 4.72 Å². The van der Waals surface area contributed by atoms with Crippen LogP contribution in [0.25, 0.3) is 0 Å². The van der Waals surface area contributed by atoms with E-state index in [4.69, 9.17) is 11.6 Å². The van der Waals surface area contributed by atoms with E-state index in [0.717, 1.165) is 22.4 Å². The third-order valence-electron chi connectivity index (χ3n) is 2.32. The highest BCUT2D eigenvalue weighted by Crippen LogP contribution is 2.22. The van der Waals surface area contributed by atoms with Crippen LogP contribution >= 0.6 is 27.5 Å². The molecule has 0 aliphatic heterocycles. The lowest BCUT2D eigenvalue weighted by molar-refractivity contribution is 0.600. The average molecular weight is 363 g/mol. The molecule has 0 bridgehead atoms. The van der Waals surface area contributed by atoms with E-state index >= 15 is 0 Å². The molecular weight excluding hydrogens is 354 g/mol. The number of rotatable bonds is 3. The number of hydrogen-bond acceptors (Lipinski definition) is 4. The van der Waals surface area contributed by atoms with Gasteiger partial charge in [-0.3, -0.25) is 4.72 Å². The van der Waals surface area contributed by atoms with Gasteiger partial charge in [-0.2, -0.15) is 0 Å². The molecule has 2 aromatic rings. The molecule has 0 saturated heterocycles. The van der Waals surface area contributed by atoms with Gasteiger partial charge in [-0.15, -0.1) is 0 Å². The quantitative estimate of drug-likeness (QED) is 0.852. The smallest absolute Gasteiger partial charge is 0.264 e. The van der Waals surface area contributed by atoms with Gasteiger partial charge in [0.15, 0.2) is 0 Å². The van der Waals surface area contributed by atoms with Crippen LogP contribution in [-0.4, -0.2) is 18.4 Å². The molecule has 0 spiro atoms. The van der Waals surface area contributed by atoms with Crippen molar-refractivity contribution in [2.45, 2.75) is 11.8 Å². The van der Waals surface area contributed by atoms with Crippen LogP contribution in [0.1, 0.15) is 5.56 Å². The maximum Gasteiger partial charge on any atom is 0.264 e. The summed E-state index contributed by atoms with van der Waals surface area (Å²) in [6.07, 6.45) is 2.31. The number of anilines is 1. The Kier molecular flexibility index (Phi) is 4.07. The summed E-state index contributed by atoms with van der Waals surface area (Å²) in [5.74, 6) is 0. The summed E-state index contributed by atoms with van der Waals surface area (Å²) >= 11 is 8.87. The number of sulfonamides is 1. The first-order valence-corrected chi connectivity index (χ1v) is 7.80. The minimum absolute atomic E-state index is 0.00145. The molecule has 1 heterocycles. The number of nitrogens with one attached hydrogen (secondary N) is 1. The number of benzene rings is 1. The highest BCUT2D eigenvalue weighted by molar-refractivity contribution is 9.10. The van der Waals surface area contributed by atoms with E-state index in [1.807, 2.05) is 6.92 Å². The van der Waals surface area contributed by atoms with E-state index in [2.05, 4.69) is 30.6 Å². The normalized spacial score (nSPS) is 11.3. The molecule has 0 saturated carbocycles. The Bertz CT molecular complexity index is 704. The lowest BCUT2D eigenvalue weighted by atomic mass is 10.2. The Morgan fingerprint density at radius 3 is 2.47 bits per heavy atom. The van der Waals surface area contributed by atoms with Crippen molar-refractivity contribution < 1.29 is 8.42 Å². The fourth-order valence-corrected chi connectivity index (χ4v) is 2.64. The number of nitrogens with zero attached hydrogens (tertiary/aromatic N) is 2. The number of halogens is 2. The monoisotopic (exact) mass is 361 g/mol. The van der Waals surface area contributed by atoms with E-state index in [9.17, 15) is 8.42 Å². The molecule has 0 aliphatic rings. The standard InChI is InChI=1S/C11H9BrClN3O2S/c1-7-4-8(2-3-10(7)12)16-19(17,18)9-5-14-11(13)15-6-9/h2-6,16H,1H3. The second kappa shape index (κ2) is 5.44. The van der Waals surface area contributed by atoms with Gasteiger partial charge in [-0.05, 0) is 42.3 Å². The molecule has 0 atom stereocenters. The number of aryl methyl sites for hydroxylation is 1. The number of aromatic nitrogens is 2. The molecule has 1 aromatic heterocycles. The fourth-order valence-electron chi connectivity index (χ4n) is 1.36. The molecule has 2 rings (SSSR count). The van der Waals surface area contributed by atoms with Crippen LogP contribution in [0.15, 0.2) is 40.0 Å². The van der Waals surface area contributed by atoms with Crippen molar-refractivity contribution in [2.75, 3.05) is 4.72 Å². The van der Waals surface area contributed by atoms with Crippen molar-refractivity contribution >= 4 is 43.2 Å². The summed E-state index contributed by atoms with van der Waals surface area (Å²) in [5, 5.41) is -0.00145. The van der Waals surface area contributed by atoms with E-state index in [0.29, 0.717) is 5.69 Å². The van der Waals surface area contributed by atoms with Crippen LogP contribution in [0.4, 0.5) is 5.69 Å². The van der Waals surface area contributed by atoms with E-state index in [1.165, 1.54) is 0 Å². The Labute approximate surface area is 124 Å². The predicted molar refractivity (Wildman–Crippen MR) is 76.7 cm³/mol. The van der Waals surface area contributed by atoms with Crippen molar-refractivity contribution in [3.8, 4) is 0 Å². The van der Waals surface area contributed by atoms with Crippen LogP contribution in [0.5, 0.6) is 0 Å². The molecule has 5 nitrogen and oxygen atoms in total. The van der Waals surface area contributed by atoms with Crippen molar-refractivity contribution in [1.82, 2.24) is 9.97 Å². The van der Waals surface area contributed by atoms with Gasteiger partial charge >= 0.3 is 0 Å². The van der Waals surface area contributed by atoms with Gasteiger partial charge in [0.1, 0.15) is 4.90 Å². The number of hydrogen-bond donors (Lipinski definition) is 1. The highest BCUT2D eigenvalue weighted by Gasteiger charge is 2.15. The molecule has 19 heavy (non-hydrogen) atoms. The topological polar surface area (TPSA) is 72.0 Å². The van der Waals surface area contributed by atoms with E-state index in [-0.39, 0.29) is 10.2 Å². The maximum atomic E-state index is 12.1. The summed E-state index contributed by atoms with van der Waals surface area (Å²) in [4.78, 5) is 7.25. The average Bonchev–Trinajstić information content (AvgIpc) is 2.34. The van der Waals surface area contributed by atoms with Crippen LogP contribution in [0.3, 0.4) is 0 Å². The molecule has 0 fully saturated rings. The van der Waals surface area contributed by atoms with Crippen LogP contribution in [0, 0.1) is 6.92 Å². The zero-order chi connectivity index (χ0) is 14.0. The van der Waals surface area contributed by atoms with Gasteiger partial charge in [-0.1, -0.05) is 15.9 Å². The second-order valence-electron chi connectivity index (χ2n) is 3.76. The molecule has 0 amide bonds. The predicted octanol–water partition coefficient (Wildman–Crippen LogP) is 3.00. The van der Waals surface area contributed by atoms with Gasteiger partial charge in [0.05, 0.1) is 12.4 Å². The van der Waals surface area contributed by atoms with Gasteiger partial charge in [0.2, 0.25) is 5.28 Å². The summed E-state index contributed by atoms with van der Waals surface area (Å²) in [6, 6.07) is 5.15. The summed E-state index contributed by atoms with van der Waals surface area (Å²) in [7, 11) is -3.71. The first-order valence-electron chi connectivity index (χ1n) is 5.15. The fraction of sp³-hybridized carbons (Fsp3) is 0.0909. The largest absolute Gasteiger partial charge is 0.280 e. The van der Waals surface area contributed by atoms with Crippen LogP contribution in [-0.2, 0) is 10.0 Å². The third kappa shape index (κ3) is 3.43. The van der Waals surface area contributed by atoms with Gasteiger partial charge < -0.3 is 0 Å². The van der Waals surface area contributed by atoms with Crippen molar-refractivity contribution in [2.24, 2.45) is 0 Å². The Morgan fingerprint density at radius 2 is 1.89 bits per heavy atom. The minimum Gasteiger partial charge on any atom is -0.280 e. The summed E-state index contributed by atoms with van der Waals surface area (Å²) in [5.41, 5.74) is 1.39. The Morgan fingerprint density at radius 1 is 1.26 bits per heavy atom. The van der Waals surface area contributed by atoms with E-state index in [1.54, 1.807) is 18.2 Å². The minimum atomic E-state index is -3.71. The van der Waals surface area contributed by atoms with Gasteiger partial charge in [0.25, 0.3) is 10.0 Å². The molecular formula is C11H9BrClN3O2S. The highest BCUT2D eigenvalue weighted by atomic mass is 79.9. The van der Waals surface area contributed by atoms with Crippen molar-refractivity contribution in [3.05, 3.63) is 45.9 Å². The van der Waals surface area contributed by atoms with Crippen molar-refractivity contribution in [3.63, 3.8) is 0 Å². The Balaban J connectivity index is 2.30. The van der Waals surface area contributed by atoms with Crippen molar-refractivity contribution in [1.29, 1.82) is 0 Å². The molecule has 100 valence electrons. The van der Waals surface area contributed by atoms with Crippen LogP contribution in [0.2, 0.25) is 5.28 Å². The summed E-state index contributed by atoms with van der Waals surface area (Å²) < 4.78 is 27.5. The van der Waals surface area contributed by atoms with Gasteiger partial charge in [-0.25, -0.2) is 18.4 Å². The maximum absolute atomic E-state index is 12.1. The summed E-state index contributed by atoms with van der Waals surface area (Å²) in [6.45, 7) is 1.87. The molecule has 1 aromatic carbocycles. The zero-order valence-corrected chi connectivity index (χ0v) is 12.9. The molecule has 0 aliphatic carbocycles. The molecule has 1 N–H and O–H groups in total. The first-order chi connectivity index (χ1) is 8.88. The molecule has 8 heteroatoms. The van der Waals surface area contributed by atoms with E-state index < -0.39 is 10.0 Å². The molecule has 0 unspecified atom stereocenters. The lowest BCUT2D eigenvalue weighted by Gasteiger charge is -2.08. The zero-order valence-electron chi connectivity index (χ0n) is 9.76. The first kappa shape index (κ1) is 14.2. The molecule has 0 radical (unpaired) electrons. The Hall–Kier alpha value is -1.18. The SMILES string of the molecule is Cc1cc(NS(=O)(=O)c2cnc(Cl)nc2)ccc1Br.